The molecule has 6 heteroatoms. The molecule has 0 aliphatic rings. The Morgan fingerprint density at radius 2 is 1.79 bits per heavy atom. The van der Waals surface area contributed by atoms with Crippen molar-refractivity contribution in [1.29, 1.82) is 0 Å². The molecule has 0 saturated heterocycles. The second-order valence-corrected chi connectivity index (χ2v) is 8.45. The lowest BCUT2D eigenvalue weighted by molar-refractivity contribution is -0.123. The van der Waals surface area contributed by atoms with Gasteiger partial charge in [0.25, 0.3) is 0 Å². The highest BCUT2D eigenvalue weighted by Crippen LogP contribution is 2.24. The first kappa shape index (κ1) is 20.1. The number of carbonyl (C=O) groups is 1. The Morgan fingerprint density at radius 3 is 2.43 bits per heavy atom. The number of rotatable bonds is 6. The fraction of sp³-hybridized carbons (Fsp3) is 0.318. The van der Waals surface area contributed by atoms with Gasteiger partial charge in [-0.3, -0.25) is 4.79 Å². The maximum Gasteiger partial charge on any atom is 0.249 e. The van der Waals surface area contributed by atoms with Crippen LogP contribution >= 0.6 is 11.6 Å². The van der Waals surface area contributed by atoms with E-state index in [0.717, 1.165) is 11.1 Å². The topological polar surface area (TPSA) is 68.0 Å². The summed E-state index contributed by atoms with van der Waals surface area (Å²) in [6, 6.07) is 16.8. The van der Waals surface area contributed by atoms with Crippen molar-refractivity contribution in [2.24, 2.45) is 5.41 Å². The second-order valence-electron chi connectivity index (χ2n) is 8.01. The van der Waals surface area contributed by atoms with E-state index in [-0.39, 0.29) is 11.3 Å². The standard InChI is InChI=1S/C22H24ClN3O2/c1-22(2,3)14-19(27)24-18(13-15-7-5-4-6-8-15)21-25-20(26-28-21)16-9-11-17(23)12-10-16/h4-12,18H,13-14H2,1-3H3,(H,24,27)/t18-/m1/s1. The Balaban J connectivity index is 1.83. The number of hydrogen-bond acceptors (Lipinski definition) is 4. The minimum atomic E-state index is -0.397. The molecule has 146 valence electrons. The summed E-state index contributed by atoms with van der Waals surface area (Å²) in [7, 11) is 0. The third kappa shape index (κ3) is 5.67. The summed E-state index contributed by atoms with van der Waals surface area (Å²) in [5, 5.41) is 7.78. The predicted octanol–water partition coefficient (Wildman–Crippen LogP) is 5.23. The van der Waals surface area contributed by atoms with Crippen molar-refractivity contribution in [2.45, 2.75) is 39.7 Å². The molecule has 5 nitrogen and oxygen atoms in total. The molecular formula is C22H24ClN3O2. The molecule has 1 heterocycles. The average Bonchev–Trinajstić information content (AvgIpc) is 3.11. The lowest BCUT2D eigenvalue weighted by atomic mass is 9.91. The van der Waals surface area contributed by atoms with Crippen molar-refractivity contribution in [3.63, 3.8) is 0 Å². The van der Waals surface area contributed by atoms with E-state index in [9.17, 15) is 4.79 Å². The normalized spacial score (nSPS) is 12.6. The van der Waals surface area contributed by atoms with Crippen LogP contribution in [0.25, 0.3) is 11.4 Å². The van der Waals surface area contributed by atoms with Gasteiger partial charge in [-0.25, -0.2) is 0 Å². The zero-order valence-corrected chi connectivity index (χ0v) is 17.0. The minimum Gasteiger partial charge on any atom is -0.344 e. The Morgan fingerprint density at radius 1 is 1.11 bits per heavy atom. The summed E-state index contributed by atoms with van der Waals surface area (Å²) >= 11 is 5.94. The monoisotopic (exact) mass is 397 g/mol. The number of benzene rings is 2. The first-order chi connectivity index (χ1) is 13.3. The van der Waals surface area contributed by atoms with Gasteiger partial charge in [-0.1, -0.05) is 67.9 Å². The van der Waals surface area contributed by atoms with E-state index in [0.29, 0.717) is 29.6 Å². The molecule has 2 aromatic carbocycles. The Hall–Kier alpha value is -2.66. The average molecular weight is 398 g/mol. The number of nitrogens with one attached hydrogen (secondary N) is 1. The Labute approximate surface area is 170 Å². The zero-order valence-electron chi connectivity index (χ0n) is 16.3. The highest BCUT2D eigenvalue weighted by atomic mass is 35.5. The maximum atomic E-state index is 12.5. The molecule has 28 heavy (non-hydrogen) atoms. The summed E-state index contributed by atoms with van der Waals surface area (Å²) in [6.45, 7) is 6.10. The van der Waals surface area contributed by atoms with Crippen molar-refractivity contribution in [3.05, 3.63) is 71.1 Å². The van der Waals surface area contributed by atoms with E-state index in [1.54, 1.807) is 12.1 Å². The SMILES string of the molecule is CC(C)(C)CC(=O)N[C@H](Cc1ccccc1)c1nc(-c2ccc(Cl)cc2)no1. The van der Waals surface area contributed by atoms with Crippen LogP contribution in [0.4, 0.5) is 0 Å². The van der Waals surface area contributed by atoms with Crippen LogP contribution in [0.15, 0.2) is 59.1 Å². The molecule has 0 aliphatic carbocycles. The number of amides is 1. The zero-order chi connectivity index (χ0) is 20.1. The van der Waals surface area contributed by atoms with Gasteiger partial charge in [0, 0.05) is 23.4 Å². The number of nitrogens with zero attached hydrogens (tertiary/aromatic N) is 2. The molecule has 1 atom stereocenters. The first-order valence-electron chi connectivity index (χ1n) is 9.23. The first-order valence-corrected chi connectivity index (χ1v) is 9.61. The second kappa shape index (κ2) is 8.57. The molecule has 3 aromatic rings. The van der Waals surface area contributed by atoms with Crippen molar-refractivity contribution in [2.75, 3.05) is 0 Å². The van der Waals surface area contributed by atoms with Crippen LogP contribution in [0.1, 0.15) is 44.7 Å². The van der Waals surface area contributed by atoms with Gasteiger partial charge >= 0.3 is 0 Å². The van der Waals surface area contributed by atoms with E-state index in [4.69, 9.17) is 16.1 Å². The molecule has 0 bridgehead atoms. The molecule has 0 fully saturated rings. The van der Waals surface area contributed by atoms with Gasteiger partial charge in [0.15, 0.2) is 0 Å². The molecule has 0 spiro atoms. The molecule has 0 aliphatic heterocycles. The van der Waals surface area contributed by atoms with Gasteiger partial charge < -0.3 is 9.84 Å². The molecule has 0 radical (unpaired) electrons. The highest BCUT2D eigenvalue weighted by Gasteiger charge is 2.24. The lowest BCUT2D eigenvalue weighted by Crippen LogP contribution is -2.32. The van der Waals surface area contributed by atoms with Gasteiger partial charge in [0.1, 0.15) is 6.04 Å². The van der Waals surface area contributed by atoms with Gasteiger partial charge in [-0.15, -0.1) is 0 Å². The quantitative estimate of drug-likeness (QED) is 0.618. The minimum absolute atomic E-state index is 0.0420. The third-order valence-corrected chi connectivity index (χ3v) is 4.40. The fourth-order valence-corrected chi connectivity index (χ4v) is 3.00. The van der Waals surface area contributed by atoms with Crippen molar-refractivity contribution >= 4 is 17.5 Å². The van der Waals surface area contributed by atoms with Crippen molar-refractivity contribution < 1.29 is 9.32 Å². The van der Waals surface area contributed by atoms with Gasteiger partial charge in [0.05, 0.1) is 0 Å². The summed E-state index contributed by atoms with van der Waals surface area (Å²) in [5.74, 6) is 0.811. The molecule has 3 rings (SSSR count). The van der Waals surface area contributed by atoms with E-state index in [1.807, 2.05) is 63.2 Å². The molecular weight excluding hydrogens is 374 g/mol. The molecule has 0 saturated carbocycles. The number of carbonyl (C=O) groups excluding carboxylic acids is 1. The number of halogens is 1. The molecule has 0 unspecified atom stereocenters. The molecule has 1 N–H and O–H groups in total. The van der Waals surface area contributed by atoms with Crippen LogP contribution in [0, 0.1) is 5.41 Å². The van der Waals surface area contributed by atoms with Crippen LogP contribution in [0.5, 0.6) is 0 Å². The number of hydrogen-bond donors (Lipinski definition) is 1. The largest absolute Gasteiger partial charge is 0.344 e. The van der Waals surface area contributed by atoms with Crippen LogP contribution in [-0.4, -0.2) is 16.0 Å². The van der Waals surface area contributed by atoms with Crippen LogP contribution in [0.3, 0.4) is 0 Å². The highest BCUT2D eigenvalue weighted by molar-refractivity contribution is 6.30. The summed E-state index contributed by atoms with van der Waals surface area (Å²) in [6.07, 6.45) is 0.982. The molecule has 1 aromatic heterocycles. The van der Waals surface area contributed by atoms with E-state index in [1.165, 1.54) is 0 Å². The van der Waals surface area contributed by atoms with Crippen molar-refractivity contribution in [3.8, 4) is 11.4 Å². The van der Waals surface area contributed by atoms with Crippen LogP contribution in [-0.2, 0) is 11.2 Å². The van der Waals surface area contributed by atoms with Crippen LogP contribution < -0.4 is 5.32 Å². The van der Waals surface area contributed by atoms with Crippen molar-refractivity contribution in [1.82, 2.24) is 15.5 Å². The lowest BCUT2D eigenvalue weighted by Gasteiger charge is -2.20. The molecule has 1 amide bonds. The van der Waals surface area contributed by atoms with E-state index < -0.39 is 6.04 Å². The van der Waals surface area contributed by atoms with Gasteiger partial charge in [-0.2, -0.15) is 4.98 Å². The summed E-state index contributed by atoms with van der Waals surface area (Å²) in [4.78, 5) is 17.1. The Bertz CT molecular complexity index is 915. The summed E-state index contributed by atoms with van der Waals surface area (Å²) in [5.41, 5.74) is 1.78. The van der Waals surface area contributed by atoms with E-state index >= 15 is 0 Å². The number of aromatic nitrogens is 2. The van der Waals surface area contributed by atoms with Crippen LogP contribution in [0.2, 0.25) is 5.02 Å². The maximum absolute atomic E-state index is 12.5. The Kier molecular flexibility index (Phi) is 6.15. The smallest absolute Gasteiger partial charge is 0.249 e. The summed E-state index contributed by atoms with van der Waals surface area (Å²) < 4.78 is 5.51. The fourth-order valence-electron chi connectivity index (χ4n) is 2.87. The predicted molar refractivity (Wildman–Crippen MR) is 110 cm³/mol. The van der Waals surface area contributed by atoms with Gasteiger partial charge in [-0.05, 0) is 35.2 Å². The van der Waals surface area contributed by atoms with E-state index in [2.05, 4.69) is 15.5 Å². The van der Waals surface area contributed by atoms with Gasteiger partial charge in [0.2, 0.25) is 17.6 Å². The third-order valence-electron chi connectivity index (χ3n) is 4.15.